The Bertz CT molecular complexity index is 658. The molecule has 0 aromatic heterocycles. The smallest absolute Gasteiger partial charge is 0.303 e. The molecule has 2 rings (SSSR count). The van der Waals surface area contributed by atoms with Crippen LogP contribution in [0.3, 0.4) is 0 Å². The zero-order valence-corrected chi connectivity index (χ0v) is 18.9. The zero-order chi connectivity index (χ0) is 21.6. The van der Waals surface area contributed by atoms with Crippen molar-refractivity contribution in [1.82, 2.24) is 9.62 Å². The molecule has 29 heavy (non-hydrogen) atoms. The minimum Gasteiger partial charge on any atom is -0.456 e. The molecule has 2 fully saturated rings. The van der Waals surface area contributed by atoms with Crippen LogP contribution in [-0.2, 0) is 29.1 Å². The Balaban J connectivity index is 2.02. The number of hydrogen-bond donors (Lipinski definition) is 1. The lowest BCUT2D eigenvalue weighted by atomic mass is 9.80. The van der Waals surface area contributed by atoms with Gasteiger partial charge in [-0.25, -0.2) is 13.1 Å². The number of carbonyl (C=O) groups is 2. The van der Waals surface area contributed by atoms with Gasteiger partial charge < -0.3 is 14.4 Å². The van der Waals surface area contributed by atoms with Crippen molar-refractivity contribution in [3.05, 3.63) is 0 Å². The van der Waals surface area contributed by atoms with Crippen LogP contribution < -0.4 is 4.72 Å². The lowest BCUT2D eigenvalue weighted by Gasteiger charge is -2.42. The molecule has 1 aliphatic heterocycles. The molecule has 1 saturated heterocycles. The van der Waals surface area contributed by atoms with Crippen molar-refractivity contribution in [2.45, 2.75) is 77.5 Å². The van der Waals surface area contributed by atoms with Gasteiger partial charge in [-0.15, -0.1) is 0 Å². The zero-order valence-electron chi connectivity index (χ0n) is 18.1. The quantitative estimate of drug-likeness (QED) is 0.586. The summed E-state index contributed by atoms with van der Waals surface area (Å²) in [6.45, 7) is 6.19. The first-order chi connectivity index (χ1) is 13.6. The van der Waals surface area contributed by atoms with Crippen LogP contribution in [0.15, 0.2) is 0 Å². The molecule has 0 aromatic carbocycles. The van der Waals surface area contributed by atoms with E-state index in [1.165, 1.54) is 6.92 Å². The van der Waals surface area contributed by atoms with Gasteiger partial charge in [-0.05, 0) is 50.4 Å². The minimum absolute atomic E-state index is 0.135. The average molecular weight is 433 g/mol. The fraction of sp³-hybridized carbons (Fsp3) is 0.900. The molecule has 0 radical (unpaired) electrons. The predicted molar refractivity (Wildman–Crippen MR) is 110 cm³/mol. The van der Waals surface area contributed by atoms with E-state index in [2.05, 4.69) is 18.6 Å². The fourth-order valence-electron chi connectivity index (χ4n) is 4.39. The normalized spacial score (nSPS) is 28.4. The van der Waals surface area contributed by atoms with Crippen LogP contribution in [-0.4, -0.2) is 69.4 Å². The van der Waals surface area contributed by atoms with Crippen LogP contribution in [0.1, 0.15) is 59.3 Å². The Kier molecular flexibility index (Phi) is 8.91. The number of nitrogens with one attached hydrogen (secondary N) is 1. The Morgan fingerprint density at radius 2 is 1.79 bits per heavy atom. The third kappa shape index (κ3) is 7.86. The third-order valence-corrected chi connectivity index (χ3v) is 6.76. The van der Waals surface area contributed by atoms with Gasteiger partial charge in [0, 0.05) is 19.5 Å². The summed E-state index contributed by atoms with van der Waals surface area (Å²) in [4.78, 5) is 25.3. The molecule has 168 valence electrons. The number of nitrogens with zero attached hydrogens (tertiary/aromatic N) is 1. The van der Waals surface area contributed by atoms with Crippen LogP contribution >= 0.6 is 0 Å². The Labute approximate surface area is 174 Å². The molecule has 1 aliphatic carbocycles. The molecule has 0 spiro atoms. The Morgan fingerprint density at radius 1 is 1.14 bits per heavy atom. The van der Waals surface area contributed by atoms with Gasteiger partial charge in [-0.2, -0.15) is 0 Å². The van der Waals surface area contributed by atoms with Gasteiger partial charge in [0.05, 0.1) is 25.0 Å². The molecule has 1 N–H and O–H groups in total. The molecule has 2 aliphatic rings. The van der Waals surface area contributed by atoms with Crippen molar-refractivity contribution in [1.29, 1.82) is 0 Å². The average Bonchev–Trinajstić information content (AvgIpc) is 2.64. The van der Waals surface area contributed by atoms with E-state index in [1.807, 2.05) is 0 Å². The first kappa shape index (κ1) is 24.1. The highest BCUT2D eigenvalue weighted by Gasteiger charge is 2.37. The van der Waals surface area contributed by atoms with Gasteiger partial charge >= 0.3 is 5.97 Å². The first-order valence-corrected chi connectivity index (χ1v) is 12.5. The van der Waals surface area contributed by atoms with E-state index < -0.39 is 28.1 Å². The van der Waals surface area contributed by atoms with Gasteiger partial charge in [-0.1, -0.05) is 13.8 Å². The van der Waals surface area contributed by atoms with Crippen molar-refractivity contribution in [2.24, 2.45) is 11.8 Å². The number of carbonyl (C=O) groups excluding carboxylic acids is 2. The molecule has 8 nitrogen and oxygen atoms in total. The topological polar surface area (TPSA) is 102 Å². The van der Waals surface area contributed by atoms with E-state index in [0.29, 0.717) is 25.3 Å². The predicted octanol–water partition coefficient (Wildman–Crippen LogP) is 1.69. The van der Waals surface area contributed by atoms with Crippen molar-refractivity contribution in [3.63, 3.8) is 0 Å². The van der Waals surface area contributed by atoms with E-state index in [4.69, 9.17) is 9.47 Å². The second kappa shape index (κ2) is 10.7. The monoisotopic (exact) mass is 432 g/mol. The van der Waals surface area contributed by atoms with Gasteiger partial charge in [0.2, 0.25) is 10.0 Å². The number of piperidine rings is 1. The van der Waals surface area contributed by atoms with Gasteiger partial charge in [0.25, 0.3) is 5.91 Å². The SMILES string of the molecule is CC(=O)OCC(=O)N1CCC[C@H](NS(C)(=O)=O)[C@@H]1COC1CCC(C(C)C)CC1. The van der Waals surface area contributed by atoms with E-state index >= 15 is 0 Å². The maximum absolute atomic E-state index is 12.6. The lowest BCUT2D eigenvalue weighted by Crippen LogP contribution is -2.59. The lowest BCUT2D eigenvalue weighted by molar-refractivity contribution is -0.153. The molecule has 1 saturated carbocycles. The van der Waals surface area contributed by atoms with E-state index in [0.717, 1.165) is 37.9 Å². The van der Waals surface area contributed by atoms with Crippen molar-refractivity contribution < 1.29 is 27.5 Å². The van der Waals surface area contributed by atoms with Crippen LogP contribution in [0, 0.1) is 11.8 Å². The minimum atomic E-state index is -3.42. The number of sulfonamides is 1. The molecule has 1 heterocycles. The summed E-state index contributed by atoms with van der Waals surface area (Å²) in [5.74, 6) is 0.561. The van der Waals surface area contributed by atoms with Crippen molar-refractivity contribution in [3.8, 4) is 0 Å². The molecule has 0 bridgehead atoms. The highest BCUT2D eigenvalue weighted by molar-refractivity contribution is 7.88. The van der Waals surface area contributed by atoms with Crippen LogP contribution in [0.5, 0.6) is 0 Å². The Morgan fingerprint density at radius 3 is 2.34 bits per heavy atom. The van der Waals surface area contributed by atoms with Crippen LogP contribution in [0.4, 0.5) is 0 Å². The maximum Gasteiger partial charge on any atom is 0.303 e. The summed E-state index contributed by atoms with van der Waals surface area (Å²) in [5, 5.41) is 0. The summed E-state index contributed by atoms with van der Waals surface area (Å²) in [6, 6.07) is -0.823. The summed E-state index contributed by atoms with van der Waals surface area (Å²) < 4.78 is 37.3. The maximum atomic E-state index is 12.6. The van der Waals surface area contributed by atoms with Gasteiger partial charge in [-0.3, -0.25) is 9.59 Å². The second-order valence-electron chi connectivity index (χ2n) is 8.69. The van der Waals surface area contributed by atoms with Crippen LogP contribution in [0.2, 0.25) is 0 Å². The fourth-order valence-corrected chi connectivity index (χ4v) is 5.21. The van der Waals surface area contributed by atoms with E-state index in [9.17, 15) is 18.0 Å². The summed E-state index contributed by atoms with van der Waals surface area (Å²) in [7, 11) is -3.42. The van der Waals surface area contributed by atoms with Crippen molar-refractivity contribution in [2.75, 3.05) is 26.0 Å². The number of rotatable bonds is 8. The highest BCUT2D eigenvalue weighted by Crippen LogP contribution is 2.31. The van der Waals surface area contributed by atoms with Crippen LogP contribution in [0.25, 0.3) is 0 Å². The van der Waals surface area contributed by atoms with Gasteiger partial charge in [0.15, 0.2) is 6.61 Å². The number of amides is 1. The number of esters is 1. The summed E-state index contributed by atoms with van der Waals surface area (Å²) in [5.41, 5.74) is 0. The van der Waals surface area contributed by atoms with E-state index in [-0.39, 0.29) is 25.2 Å². The highest BCUT2D eigenvalue weighted by atomic mass is 32.2. The standard InChI is InChI=1S/C20H36N2O6S/c1-14(2)16-7-9-17(10-8-16)28-12-19-18(21-29(4,25)26)6-5-11-22(19)20(24)13-27-15(3)23/h14,16-19,21H,5-13H2,1-4H3/t16?,17?,18-,19-/m0/s1. The van der Waals surface area contributed by atoms with Gasteiger partial charge in [0.1, 0.15) is 0 Å². The molecule has 2 atom stereocenters. The first-order valence-electron chi connectivity index (χ1n) is 10.6. The van der Waals surface area contributed by atoms with E-state index in [1.54, 1.807) is 4.90 Å². The number of hydrogen-bond acceptors (Lipinski definition) is 6. The Hall–Kier alpha value is -1.19. The summed E-state index contributed by atoms with van der Waals surface area (Å²) in [6.07, 6.45) is 6.81. The largest absolute Gasteiger partial charge is 0.456 e. The number of ether oxygens (including phenoxy) is 2. The molecule has 9 heteroatoms. The second-order valence-corrected chi connectivity index (χ2v) is 10.5. The van der Waals surface area contributed by atoms with Crippen molar-refractivity contribution >= 4 is 21.9 Å². The summed E-state index contributed by atoms with van der Waals surface area (Å²) >= 11 is 0. The number of likely N-dealkylation sites (tertiary alicyclic amines) is 1. The molecular formula is C20H36N2O6S. The molecule has 1 amide bonds. The molecule has 0 aromatic rings. The third-order valence-electron chi connectivity index (χ3n) is 6.03. The molecule has 0 unspecified atom stereocenters. The molecular weight excluding hydrogens is 396 g/mol.